The first-order chi connectivity index (χ1) is 9.86. The van der Waals surface area contributed by atoms with Crippen LogP contribution in [0.2, 0.25) is 5.02 Å². The van der Waals surface area contributed by atoms with Crippen LogP contribution in [-0.4, -0.2) is 29.8 Å². The summed E-state index contributed by atoms with van der Waals surface area (Å²) in [6.45, 7) is 1.52. The number of carbonyl (C=O) groups excluding carboxylic acids is 1. The van der Waals surface area contributed by atoms with Crippen molar-refractivity contribution >= 4 is 29.3 Å². The number of hydrogen-bond donors (Lipinski definition) is 3. The van der Waals surface area contributed by atoms with Gasteiger partial charge in [-0.1, -0.05) is 11.6 Å². The van der Waals surface area contributed by atoms with E-state index in [2.05, 4.69) is 10.6 Å². The van der Waals surface area contributed by atoms with Crippen LogP contribution in [-0.2, 0) is 4.79 Å². The third-order valence-corrected chi connectivity index (χ3v) is 3.92. The molecule has 1 aromatic carbocycles. The number of aliphatic carboxylic acids is 1. The Kier molecular flexibility index (Phi) is 4.27. The van der Waals surface area contributed by atoms with Crippen molar-refractivity contribution in [1.82, 2.24) is 5.32 Å². The molecule has 1 atom stereocenters. The number of hydrogen-bond acceptors (Lipinski definition) is 3. The Morgan fingerprint density at radius 3 is 2.57 bits per heavy atom. The van der Waals surface area contributed by atoms with E-state index in [1.54, 1.807) is 12.1 Å². The van der Waals surface area contributed by atoms with Crippen molar-refractivity contribution in [3.8, 4) is 5.75 Å². The average molecular weight is 313 g/mol. The fraction of sp³-hybridized carbons (Fsp3) is 0.429. The number of nitrogens with one attached hydrogen (secondary N) is 2. The fourth-order valence-corrected chi connectivity index (χ4v) is 2.39. The standard InChI is InChI=1S/C14H17ClN2O4/c1-14(12(18)19,8-3-4-8)17-13(20)16-9-5-6-11(21-2)10(15)7-9/h5-8H,3-4H2,1-2H3,(H,18,19)(H2,16,17,20). The summed E-state index contributed by atoms with van der Waals surface area (Å²) in [6, 6.07) is 4.21. The van der Waals surface area contributed by atoms with Crippen LogP contribution in [0.15, 0.2) is 18.2 Å². The molecule has 0 spiro atoms. The normalized spacial score (nSPS) is 16.7. The lowest BCUT2D eigenvalue weighted by molar-refractivity contribution is -0.144. The molecular formula is C14H17ClN2O4. The Hall–Kier alpha value is -1.95. The summed E-state index contributed by atoms with van der Waals surface area (Å²) in [4.78, 5) is 23.3. The maximum Gasteiger partial charge on any atom is 0.329 e. The largest absolute Gasteiger partial charge is 0.495 e. The summed E-state index contributed by atoms with van der Waals surface area (Å²) in [7, 11) is 1.49. The van der Waals surface area contributed by atoms with Gasteiger partial charge < -0.3 is 20.5 Å². The highest BCUT2D eigenvalue weighted by atomic mass is 35.5. The number of carbonyl (C=O) groups is 2. The zero-order valence-electron chi connectivity index (χ0n) is 11.8. The zero-order valence-corrected chi connectivity index (χ0v) is 12.5. The first kappa shape index (κ1) is 15.4. The van der Waals surface area contributed by atoms with Crippen LogP contribution < -0.4 is 15.4 Å². The number of amides is 2. The number of anilines is 1. The molecule has 0 aromatic heterocycles. The molecule has 0 aliphatic heterocycles. The Bertz CT molecular complexity index is 574. The van der Waals surface area contributed by atoms with Crippen LogP contribution in [0.1, 0.15) is 19.8 Å². The third kappa shape index (κ3) is 3.39. The first-order valence-electron chi connectivity index (χ1n) is 6.53. The van der Waals surface area contributed by atoms with Crippen LogP contribution >= 0.6 is 11.6 Å². The van der Waals surface area contributed by atoms with Gasteiger partial charge in [-0.15, -0.1) is 0 Å². The molecule has 0 saturated heterocycles. The van der Waals surface area contributed by atoms with Gasteiger partial charge in [0.1, 0.15) is 11.3 Å². The van der Waals surface area contributed by atoms with E-state index in [0.29, 0.717) is 16.5 Å². The lowest BCUT2D eigenvalue weighted by Crippen LogP contribution is -2.55. The van der Waals surface area contributed by atoms with Gasteiger partial charge >= 0.3 is 12.0 Å². The monoisotopic (exact) mass is 312 g/mol. The molecule has 2 amide bonds. The minimum absolute atomic E-state index is 0.0276. The van der Waals surface area contributed by atoms with Crippen LogP contribution in [0.4, 0.5) is 10.5 Å². The fourth-order valence-electron chi connectivity index (χ4n) is 2.13. The van der Waals surface area contributed by atoms with E-state index in [1.807, 2.05) is 0 Å². The Morgan fingerprint density at radius 1 is 1.43 bits per heavy atom. The molecule has 114 valence electrons. The molecule has 1 unspecified atom stereocenters. The van der Waals surface area contributed by atoms with Crippen molar-refractivity contribution in [3.63, 3.8) is 0 Å². The van der Waals surface area contributed by atoms with Crippen molar-refractivity contribution in [3.05, 3.63) is 23.2 Å². The molecule has 21 heavy (non-hydrogen) atoms. The molecular weight excluding hydrogens is 296 g/mol. The molecule has 0 bridgehead atoms. The van der Waals surface area contributed by atoms with E-state index < -0.39 is 17.5 Å². The number of methoxy groups -OCH3 is 1. The highest BCUT2D eigenvalue weighted by Gasteiger charge is 2.48. The summed E-state index contributed by atoms with van der Waals surface area (Å²) in [6.07, 6.45) is 1.61. The highest BCUT2D eigenvalue weighted by molar-refractivity contribution is 6.32. The average Bonchev–Trinajstić information content (AvgIpc) is 3.22. The molecule has 1 saturated carbocycles. The summed E-state index contributed by atoms with van der Waals surface area (Å²) >= 11 is 5.97. The summed E-state index contributed by atoms with van der Waals surface area (Å²) in [5, 5.41) is 14.8. The predicted molar refractivity (Wildman–Crippen MR) is 78.9 cm³/mol. The van der Waals surface area contributed by atoms with Crippen LogP contribution in [0.25, 0.3) is 0 Å². The molecule has 7 heteroatoms. The Morgan fingerprint density at radius 2 is 2.10 bits per heavy atom. The van der Waals surface area contributed by atoms with Gasteiger partial charge in [-0.05, 0) is 43.9 Å². The molecule has 0 radical (unpaired) electrons. The van der Waals surface area contributed by atoms with E-state index in [-0.39, 0.29) is 5.92 Å². The summed E-state index contributed by atoms with van der Waals surface area (Å²) in [5.74, 6) is -0.566. The van der Waals surface area contributed by atoms with Gasteiger partial charge in [-0.25, -0.2) is 9.59 Å². The highest BCUT2D eigenvalue weighted by Crippen LogP contribution is 2.39. The van der Waals surface area contributed by atoms with Gasteiger partial charge in [0.2, 0.25) is 0 Å². The van der Waals surface area contributed by atoms with Gasteiger partial charge in [-0.3, -0.25) is 0 Å². The molecule has 0 heterocycles. The van der Waals surface area contributed by atoms with E-state index in [4.69, 9.17) is 16.3 Å². The van der Waals surface area contributed by atoms with Crippen molar-refractivity contribution in [2.75, 3.05) is 12.4 Å². The van der Waals surface area contributed by atoms with E-state index >= 15 is 0 Å². The first-order valence-corrected chi connectivity index (χ1v) is 6.90. The number of urea groups is 1. The maximum absolute atomic E-state index is 12.0. The summed E-state index contributed by atoms with van der Waals surface area (Å²) in [5.41, 5.74) is -0.790. The molecule has 1 fully saturated rings. The van der Waals surface area contributed by atoms with Crippen LogP contribution in [0, 0.1) is 5.92 Å². The van der Waals surface area contributed by atoms with Crippen molar-refractivity contribution in [2.24, 2.45) is 5.92 Å². The predicted octanol–water partition coefficient (Wildman–Crippen LogP) is 2.72. The number of rotatable bonds is 5. The van der Waals surface area contributed by atoms with E-state index in [0.717, 1.165) is 12.8 Å². The Balaban J connectivity index is 2.04. The molecule has 1 aromatic rings. The van der Waals surface area contributed by atoms with Gasteiger partial charge in [0.05, 0.1) is 12.1 Å². The van der Waals surface area contributed by atoms with Gasteiger partial charge in [0.25, 0.3) is 0 Å². The molecule has 2 rings (SSSR count). The zero-order chi connectivity index (χ0) is 15.6. The lowest BCUT2D eigenvalue weighted by atomic mass is 9.96. The van der Waals surface area contributed by atoms with E-state index in [1.165, 1.54) is 20.1 Å². The number of ether oxygens (including phenoxy) is 1. The minimum Gasteiger partial charge on any atom is -0.495 e. The quantitative estimate of drug-likeness (QED) is 0.780. The number of carboxylic acid groups (broad SMARTS) is 1. The lowest BCUT2D eigenvalue weighted by Gasteiger charge is -2.26. The van der Waals surface area contributed by atoms with Crippen molar-refractivity contribution in [2.45, 2.75) is 25.3 Å². The Labute approximate surface area is 127 Å². The van der Waals surface area contributed by atoms with Crippen LogP contribution in [0.5, 0.6) is 5.75 Å². The second-order valence-electron chi connectivity index (χ2n) is 5.21. The van der Waals surface area contributed by atoms with Crippen molar-refractivity contribution < 1.29 is 19.4 Å². The van der Waals surface area contributed by atoms with Gasteiger partial charge in [0, 0.05) is 5.69 Å². The molecule has 1 aliphatic carbocycles. The number of halogens is 1. The topological polar surface area (TPSA) is 87.7 Å². The van der Waals surface area contributed by atoms with Gasteiger partial charge in [-0.2, -0.15) is 0 Å². The SMILES string of the molecule is COc1ccc(NC(=O)NC(C)(C(=O)O)C2CC2)cc1Cl. The van der Waals surface area contributed by atoms with Gasteiger partial charge in [0.15, 0.2) is 0 Å². The maximum atomic E-state index is 12.0. The van der Waals surface area contributed by atoms with E-state index in [9.17, 15) is 14.7 Å². The minimum atomic E-state index is -1.25. The van der Waals surface area contributed by atoms with Crippen LogP contribution in [0.3, 0.4) is 0 Å². The molecule has 1 aliphatic rings. The number of benzene rings is 1. The second-order valence-corrected chi connectivity index (χ2v) is 5.62. The number of carboxylic acids is 1. The summed E-state index contributed by atoms with van der Waals surface area (Å²) < 4.78 is 5.02. The molecule has 3 N–H and O–H groups in total. The third-order valence-electron chi connectivity index (χ3n) is 3.62. The molecule has 6 nitrogen and oxygen atoms in total. The van der Waals surface area contributed by atoms with Crippen molar-refractivity contribution in [1.29, 1.82) is 0 Å². The smallest absolute Gasteiger partial charge is 0.329 e. The second kappa shape index (κ2) is 5.81.